The SMILES string of the molecule is O=C1/C(=N/OCCO)c2cnccc2-c2nc3ccccn3c21. The van der Waals surface area contributed by atoms with Crippen LogP contribution in [-0.2, 0) is 4.84 Å². The average Bonchev–Trinajstić information content (AvgIpc) is 2.98. The number of hydrogen-bond acceptors (Lipinski definition) is 6. The molecule has 0 saturated heterocycles. The molecule has 0 amide bonds. The first-order valence-electron chi connectivity index (χ1n) is 7.08. The molecule has 3 aromatic rings. The molecule has 3 aromatic heterocycles. The Morgan fingerprint density at radius 2 is 2.17 bits per heavy atom. The Morgan fingerprint density at radius 1 is 1.26 bits per heavy atom. The topological polar surface area (TPSA) is 89.1 Å². The van der Waals surface area contributed by atoms with Crippen molar-refractivity contribution >= 4 is 17.1 Å². The second-order valence-electron chi connectivity index (χ2n) is 4.98. The Bertz CT molecular complexity index is 945. The van der Waals surface area contributed by atoms with Crippen LogP contribution in [0.2, 0.25) is 0 Å². The van der Waals surface area contributed by atoms with E-state index in [2.05, 4.69) is 15.1 Å². The summed E-state index contributed by atoms with van der Waals surface area (Å²) in [5, 5.41) is 12.7. The third-order valence-corrected chi connectivity index (χ3v) is 3.63. The molecule has 7 nitrogen and oxygen atoms in total. The molecule has 0 atom stereocenters. The number of aromatic nitrogens is 3. The molecule has 1 aliphatic carbocycles. The van der Waals surface area contributed by atoms with E-state index in [1.165, 1.54) is 0 Å². The second kappa shape index (κ2) is 5.29. The molecular formula is C16H12N4O3. The fourth-order valence-corrected chi connectivity index (χ4v) is 2.67. The molecule has 0 spiro atoms. The fraction of sp³-hybridized carbons (Fsp3) is 0.125. The van der Waals surface area contributed by atoms with Gasteiger partial charge >= 0.3 is 0 Å². The zero-order valence-corrected chi connectivity index (χ0v) is 12.0. The van der Waals surface area contributed by atoms with Gasteiger partial charge in [0.1, 0.15) is 23.6 Å². The van der Waals surface area contributed by atoms with Crippen LogP contribution in [0, 0.1) is 0 Å². The number of carbonyl (C=O) groups excluding carboxylic acids is 1. The quantitative estimate of drug-likeness (QED) is 0.582. The molecule has 0 fully saturated rings. The van der Waals surface area contributed by atoms with Gasteiger partial charge in [-0.15, -0.1) is 0 Å². The molecule has 7 heteroatoms. The Hall–Kier alpha value is -3.06. The lowest BCUT2D eigenvalue weighted by atomic mass is 9.91. The van der Waals surface area contributed by atoms with Crippen molar-refractivity contribution in [2.24, 2.45) is 5.16 Å². The number of rotatable bonds is 3. The van der Waals surface area contributed by atoms with E-state index in [4.69, 9.17) is 9.94 Å². The van der Waals surface area contributed by atoms with Gasteiger partial charge in [-0.05, 0) is 18.2 Å². The number of pyridine rings is 2. The first kappa shape index (κ1) is 13.6. The van der Waals surface area contributed by atoms with Crippen molar-refractivity contribution in [2.75, 3.05) is 13.2 Å². The summed E-state index contributed by atoms with van der Waals surface area (Å²) in [6.07, 6.45) is 5.01. The maximum absolute atomic E-state index is 12.9. The van der Waals surface area contributed by atoms with E-state index in [9.17, 15) is 4.79 Å². The molecular weight excluding hydrogens is 296 g/mol. The van der Waals surface area contributed by atoms with Gasteiger partial charge in [0.25, 0.3) is 0 Å². The van der Waals surface area contributed by atoms with Gasteiger partial charge in [0.15, 0.2) is 5.71 Å². The third kappa shape index (κ3) is 2.01. The maximum atomic E-state index is 12.9. The van der Waals surface area contributed by atoms with E-state index in [0.717, 1.165) is 5.56 Å². The Kier molecular flexibility index (Phi) is 3.13. The number of aliphatic hydroxyl groups excluding tert-OH is 1. The summed E-state index contributed by atoms with van der Waals surface area (Å²) in [5.41, 5.74) is 3.27. The van der Waals surface area contributed by atoms with Crippen LogP contribution in [0.5, 0.6) is 0 Å². The van der Waals surface area contributed by atoms with Gasteiger partial charge in [-0.25, -0.2) is 4.98 Å². The van der Waals surface area contributed by atoms with Crippen LogP contribution < -0.4 is 0 Å². The third-order valence-electron chi connectivity index (χ3n) is 3.63. The summed E-state index contributed by atoms with van der Waals surface area (Å²) in [7, 11) is 0. The number of imidazole rings is 1. The number of oxime groups is 1. The molecule has 0 bridgehead atoms. The van der Waals surface area contributed by atoms with Crippen molar-refractivity contribution in [2.45, 2.75) is 0 Å². The van der Waals surface area contributed by atoms with Crippen LogP contribution in [-0.4, -0.2) is 44.2 Å². The number of aliphatic hydroxyl groups is 1. The highest BCUT2D eigenvalue weighted by Gasteiger charge is 2.33. The summed E-state index contributed by atoms with van der Waals surface area (Å²) < 4.78 is 1.74. The number of nitrogens with zero attached hydrogens (tertiary/aromatic N) is 4. The van der Waals surface area contributed by atoms with Gasteiger partial charge in [0.2, 0.25) is 5.78 Å². The van der Waals surface area contributed by atoms with E-state index >= 15 is 0 Å². The highest BCUT2D eigenvalue weighted by molar-refractivity contribution is 6.54. The molecule has 4 rings (SSSR count). The Morgan fingerprint density at radius 3 is 3.04 bits per heavy atom. The molecule has 1 aliphatic rings. The smallest absolute Gasteiger partial charge is 0.234 e. The van der Waals surface area contributed by atoms with Crippen molar-refractivity contribution in [1.29, 1.82) is 0 Å². The van der Waals surface area contributed by atoms with Crippen molar-refractivity contribution in [3.05, 3.63) is 54.1 Å². The lowest BCUT2D eigenvalue weighted by Gasteiger charge is -2.15. The highest BCUT2D eigenvalue weighted by atomic mass is 16.6. The predicted molar refractivity (Wildman–Crippen MR) is 82.3 cm³/mol. The minimum Gasteiger partial charge on any atom is -0.393 e. The lowest BCUT2D eigenvalue weighted by Crippen LogP contribution is -2.24. The van der Waals surface area contributed by atoms with E-state index in [1.54, 1.807) is 29.1 Å². The predicted octanol–water partition coefficient (Wildman–Crippen LogP) is 1.31. The summed E-state index contributed by atoms with van der Waals surface area (Å²) in [4.78, 5) is 26.5. The van der Waals surface area contributed by atoms with Crippen LogP contribution in [0.25, 0.3) is 16.9 Å². The zero-order chi connectivity index (χ0) is 15.8. The van der Waals surface area contributed by atoms with Crippen molar-refractivity contribution < 1.29 is 14.7 Å². The number of ketones is 1. The molecule has 114 valence electrons. The van der Waals surface area contributed by atoms with Gasteiger partial charge < -0.3 is 9.94 Å². The van der Waals surface area contributed by atoms with E-state index < -0.39 is 0 Å². The minimum absolute atomic E-state index is 0.0202. The van der Waals surface area contributed by atoms with E-state index in [1.807, 2.05) is 18.2 Å². The highest BCUT2D eigenvalue weighted by Crippen LogP contribution is 2.33. The monoisotopic (exact) mass is 308 g/mol. The summed E-state index contributed by atoms with van der Waals surface area (Å²) in [6, 6.07) is 7.34. The van der Waals surface area contributed by atoms with Crippen LogP contribution in [0.1, 0.15) is 16.1 Å². The largest absolute Gasteiger partial charge is 0.393 e. The molecule has 3 heterocycles. The molecule has 0 aliphatic heterocycles. The molecule has 23 heavy (non-hydrogen) atoms. The molecule has 0 aromatic carbocycles. The Balaban J connectivity index is 1.99. The summed E-state index contributed by atoms with van der Waals surface area (Å²) in [5.74, 6) is -0.280. The van der Waals surface area contributed by atoms with Crippen LogP contribution in [0.15, 0.2) is 48.0 Å². The fourth-order valence-electron chi connectivity index (χ4n) is 2.67. The summed E-state index contributed by atoms with van der Waals surface area (Å²) >= 11 is 0. The Labute approximate surface area is 130 Å². The van der Waals surface area contributed by atoms with Crippen molar-refractivity contribution in [3.8, 4) is 11.3 Å². The zero-order valence-electron chi connectivity index (χ0n) is 12.0. The second-order valence-corrected chi connectivity index (χ2v) is 4.98. The number of hydrogen-bond donors (Lipinski definition) is 1. The number of Topliss-reactive ketones (excluding diaryl/α,β-unsaturated/α-hetero) is 1. The lowest BCUT2D eigenvalue weighted by molar-refractivity contribution is 0.0938. The van der Waals surface area contributed by atoms with Crippen molar-refractivity contribution in [1.82, 2.24) is 14.4 Å². The van der Waals surface area contributed by atoms with Gasteiger partial charge in [-0.3, -0.25) is 14.2 Å². The first-order valence-corrected chi connectivity index (χ1v) is 7.08. The molecule has 0 unspecified atom stereocenters. The van der Waals surface area contributed by atoms with Crippen LogP contribution >= 0.6 is 0 Å². The van der Waals surface area contributed by atoms with Crippen molar-refractivity contribution in [3.63, 3.8) is 0 Å². The van der Waals surface area contributed by atoms with E-state index in [-0.39, 0.29) is 24.7 Å². The summed E-state index contributed by atoms with van der Waals surface area (Å²) in [6.45, 7) is -0.155. The molecule has 1 N–H and O–H groups in total. The maximum Gasteiger partial charge on any atom is 0.234 e. The first-order chi connectivity index (χ1) is 11.3. The van der Waals surface area contributed by atoms with Gasteiger partial charge in [-0.1, -0.05) is 11.2 Å². The number of fused-ring (bicyclic) bond motifs is 5. The van der Waals surface area contributed by atoms with Gasteiger partial charge in [0, 0.05) is 29.7 Å². The number of carbonyl (C=O) groups is 1. The average molecular weight is 308 g/mol. The normalized spacial score (nSPS) is 14.8. The standard InChI is InChI=1S/C16H12N4O3/c21-7-8-23-19-14-11-9-17-5-4-10(11)13-15(16(14)22)20-6-2-1-3-12(20)18-13/h1-6,9,21H,7-8H2/b19-14+. The van der Waals surface area contributed by atoms with Crippen LogP contribution in [0.4, 0.5) is 0 Å². The minimum atomic E-state index is -0.280. The van der Waals surface area contributed by atoms with Gasteiger partial charge in [0.05, 0.1) is 6.61 Å². The van der Waals surface area contributed by atoms with E-state index in [0.29, 0.717) is 22.6 Å². The van der Waals surface area contributed by atoms with Gasteiger partial charge in [-0.2, -0.15) is 0 Å². The molecule has 0 radical (unpaired) electrons. The van der Waals surface area contributed by atoms with Crippen LogP contribution in [0.3, 0.4) is 0 Å². The molecule has 0 saturated carbocycles.